The lowest BCUT2D eigenvalue weighted by atomic mass is 10.1. The molecule has 0 aromatic heterocycles. The molecule has 0 unspecified atom stereocenters. The minimum atomic E-state index is 0.920. The highest BCUT2D eigenvalue weighted by Crippen LogP contribution is 2.04. The molecule has 0 radical (unpaired) electrons. The molecule has 0 saturated heterocycles. The number of halogens is 1. The summed E-state index contributed by atoms with van der Waals surface area (Å²) in [5, 5.41) is 0. The van der Waals surface area contributed by atoms with Gasteiger partial charge in [0.15, 0.2) is 0 Å². The van der Waals surface area contributed by atoms with Crippen molar-refractivity contribution < 1.29 is 0 Å². The van der Waals surface area contributed by atoms with Gasteiger partial charge in [0.1, 0.15) is 0 Å². The first-order valence-corrected chi connectivity index (χ1v) is 4.07. The Kier molecular flexibility index (Phi) is 3.18. The van der Waals surface area contributed by atoms with Gasteiger partial charge in [-0.1, -0.05) is 47.5 Å². The van der Waals surface area contributed by atoms with Gasteiger partial charge in [-0.15, -0.1) is 0 Å². The lowest BCUT2D eigenvalue weighted by Crippen LogP contribution is -1.79. The minimum absolute atomic E-state index is 0.920. The molecule has 0 aliphatic carbocycles. The first kappa shape index (κ1) is 8.35. The first-order chi connectivity index (χ1) is 5.33. The predicted octanol–water partition coefficient (Wildman–Crippen LogP) is 3.29. The highest BCUT2D eigenvalue weighted by Gasteiger charge is 1.87. The van der Waals surface area contributed by atoms with E-state index in [0.29, 0.717) is 0 Å². The van der Waals surface area contributed by atoms with Crippen LogP contribution in [-0.4, -0.2) is 0 Å². The van der Waals surface area contributed by atoms with Crippen LogP contribution in [0.2, 0.25) is 0 Å². The third-order valence-corrected chi connectivity index (χ3v) is 1.74. The van der Waals surface area contributed by atoms with Crippen molar-refractivity contribution in [2.75, 3.05) is 0 Å². The number of hydrogen-bond donors (Lipinski definition) is 0. The lowest BCUT2D eigenvalue weighted by Gasteiger charge is -1.95. The van der Waals surface area contributed by atoms with Crippen LogP contribution in [0.25, 0.3) is 0 Å². The second kappa shape index (κ2) is 4.20. The maximum Gasteiger partial charge on any atom is 0.000580 e. The zero-order chi connectivity index (χ0) is 8.10. The molecule has 11 heavy (non-hydrogen) atoms. The van der Waals surface area contributed by atoms with Crippen molar-refractivity contribution in [3.63, 3.8) is 0 Å². The monoisotopic (exact) mass is 166 g/mol. The van der Waals surface area contributed by atoms with E-state index in [2.05, 4.69) is 31.2 Å². The van der Waals surface area contributed by atoms with Crippen LogP contribution < -0.4 is 0 Å². The molecule has 0 N–H and O–H groups in total. The van der Waals surface area contributed by atoms with Crippen molar-refractivity contribution in [1.82, 2.24) is 0 Å². The van der Waals surface area contributed by atoms with E-state index in [1.54, 1.807) is 5.54 Å². The van der Waals surface area contributed by atoms with Crippen LogP contribution in [0.15, 0.2) is 35.9 Å². The normalized spacial score (nSPS) is 10.7. The fourth-order valence-corrected chi connectivity index (χ4v) is 0.994. The van der Waals surface area contributed by atoms with Gasteiger partial charge in [-0.3, -0.25) is 0 Å². The van der Waals surface area contributed by atoms with Crippen molar-refractivity contribution in [1.29, 1.82) is 0 Å². The third kappa shape index (κ3) is 2.77. The predicted molar refractivity (Wildman–Crippen MR) is 49.9 cm³/mol. The van der Waals surface area contributed by atoms with Crippen molar-refractivity contribution in [3.05, 3.63) is 47.0 Å². The van der Waals surface area contributed by atoms with Crippen LogP contribution in [-0.2, 0) is 6.42 Å². The largest absolute Gasteiger partial charge is 0.0933 e. The van der Waals surface area contributed by atoms with Gasteiger partial charge in [0, 0.05) is 5.54 Å². The Bertz CT molecular complexity index is 234. The van der Waals surface area contributed by atoms with Crippen molar-refractivity contribution in [2.24, 2.45) is 0 Å². The van der Waals surface area contributed by atoms with Crippen LogP contribution in [0.3, 0.4) is 0 Å². The summed E-state index contributed by atoms with van der Waals surface area (Å²) in [6, 6.07) is 8.45. The second-order valence-electron chi connectivity index (χ2n) is 2.55. The van der Waals surface area contributed by atoms with Crippen LogP contribution in [0.1, 0.15) is 11.1 Å². The smallest absolute Gasteiger partial charge is 0.000580 e. The van der Waals surface area contributed by atoms with E-state index >= 15 is 0 Å². The summed E-state index contributed by atoms with van der Waals surface area (Å²) in [6.45, 7) is 2.08. The van der Waals surface area contributed by atoms with E-state index in [0.717, 1.165) is 6.42 Å². The van der Waals surface area contributed by atoms with Crippen molar-refractivity contribution in [2.45, 2.75) is 13.3 Å². The van der Waals surface area contributed by atoms with Gasteiger partial charge in [-0.2, -0.15) is 0 Å². The van der Waals surface area contributed by atoms with Crippen LogP contribution in [0.4, 0.5) is 0 Å². The van der Waals surface area contributed by atoms with E-state index in [1.807, 2.05) is 6.08 Å². The Morgan fingerprint density at radius 1 is 1.27 bits per heavy atom. The molecule has 1 rings (SSSR count). The van der Waals surface area contributed by atoms with Gasteiger partial charge in [0.05, 0.1) is 0 Å². The van der Waals surface area contributed by atoms with Gasteiger partial charge in [-0.05, 0) is 18.9 Å². The third-order valence-electron chi connectivity index (χ3n) is 1.56. The Labute approximate surface area is 72.5 Å². The SMILES string of the molecule is Cc1ccc(CC=CCl)cc1. The molecule has 0 atom stereocenters. The summed E-state index contributed by atoms with van der Waals surface area (Å²) in [4.78, 5) is 0. The molecule has 0 heterocycles. The lowest BCUT2D eigenvalue weighted by molar-refractivity contribution is 1.26. The van der Waals surface area contributed by atoms with Gasteiger partial charge in [0.25, 0.3) is 0 Å². The molecule has 1 aromatic rings. The molecule has 0 aliphatic rings. The fourth-order valence-electron chi connectivity index (χ4n) is 0.905. The molecule has 0 aliphatic heterocycles. The molecule has 0 nitrogen and oxygen atoms in total. The van der Waals surface area contributed by atoms with Gasteiger partial charge >= 0.3 is 0 Å². The zero-order valence-corrected chi connectivity index (χ0v) is 7.31. The fraction of sp³-hybridized carbons (Fsp3) is 0.200. The quantitative estimate of drug-likeness (QED) is 0.633. The van der Waals surface area contributed by atoms with Crippen molar-refractivity contribution >= 4 is 11.6 Å². The standard InChI is InChI=1S/C10H11Cl/c1-9-4-6-10(7-5-9)3-2-8-11/h2,4-8H,3H2,1H3. The van der Waals surface area contributed by atoms with E-state index in [-0.39, 0.29) is 0 Å². The van der Waals surface area contributed by atoms with Crippen LogP contribution in [0, 0.1) is 6.92 Å². The highest BCUT2D eigenvalue weighted by molar-refractivity contribution is 6.25. The van der Waals surface area contributed by atoms with E-state index in [1.165, 1.54) is 11.1 Å². The Hall–Kier alpha value is -0.750. The van der Waals surface area contributed by atoms with Gasteiger partial charge < -0.3 is 0 Å². The Balaban J connectivity index is 2.66. The molecule has 1 aromatic carbocycles. The average Bonchev–Trinajstić information content (AvgIpc) is 2.04. The zero-order valence-electron chi connectivity index (χ0n) is 6.55. The molecule has 0 spiro atoms. The molecule has 0 fully saturated rings. The number of allylic oxidation sites excluding steroid dienone is 1. The molecule has 0 amide bonds. The second-order valence-corrected chi connectivity index (χ2v) is 2.80. The summed E-state index contributed by atoms with van der Waals surface area (Å²) in [7, 11) is 0. The summed E-state index contributed by atoms with van der Waals surface area (Å²) in [5.74, 6) is 0. The van der Waals surface area contributed by atoms with Gasteiger partial charge in [0.2, 0.25) is 0 Å². The number of aryl methyl sites for hydroxylation is 1. The Morgan fingerprint density at radius 2 is 1.91 bits per heavy atom. The summed E-state index contributed by atoms with van der Waals surface area (Å²) in [6.07, 6.45) is 2.86. The van der Waals surface area contributed by atoms with Crippen LogP contribution in [0.5, 0.6) is 0 Å². The topological polar surface area (TPSA) is 0 Å². The molecule has 58 valence electrons. The van der Waals surface area contributed by atoms with E-state index in [9.17, 15) is 0 Å². The number of rotatable bonds is 2. The molecular weight excluding hydrogens is 156 g/mol. The highest BCUT2D eigenvalue weighted by atomic mass is 35.5. The number of benzene rings is 1. The van der Waals surface area contributed by atoms with Crippen molar-refractivity contribution in [3.8, 4) is 0 Å². The summed E-state index contributed by atoms with van der Waals surface area (Å²) >= 11 is 5.40. The van der Waals surface area contributed by atoms with Crippen LogP contribution >= 0.6 is 11.6 Å². The maximum absolute atomic E-state index is 5.40. The molecule has 0 saturated carbocycles. The summed E-state index contributed by atoms with van der Waals surface area (Å²) < 4.78 is 0. The molecule has 0 bridgehead atoms. The molecular formula is C10H11Cl. The average molecular weight is 167 g/mol. The molecule has 1 heteroatoms. The van der Waals surface area contributed by atoms with Gasteiger partial charge in [-0.25, -0.2) is 0 Å². The van der Waals surface area contributed by atoms with E-state index < -0.39 is 0 Å². The maximum atomic E-state index is 5.40. The van der Waals surface area contributed by atoms with E-state index in [4.69, 9.17) is 11.6 Å². The number of hydrogen-bond acceptors (Lipinski definition) is 0. The minimum Gasteiger partial charge on any atom is -0.0933 e. The Morgan fingerprint density at radius 3 is 2.45 bits per heavy atom. The summed E-state index contributed by atoms with van der Waals surface area (Å²) in [5.41, 5.74) is 4.15. The first-order valence-electron chi connectivity index (χ1n) is 3.63.